The number of rotatable bonds is 11. The maximum absolute atomic E-state index is 2.52. The highest BCUT2D eigenvalue weighted by Crippen LogP contribution is 2.60. The topological polar surface area (TPSA) is 16.3 Å². The first-order chi connectivity index (χ1) is 57.8. The van der Waals surface area contributed by atoms with E-state index in [0.29, 0.717) is 0 Å². The summed E-state index contributed by atoms with van der Waals surface area (Å²) in [6.45, 7) is 23.9. The third kappa shape index (κ3) is 10.9. The Labute approximate surface area is 698 Å². The number of nitrogens with zero attached hydrogens (tertiary/aromatic N) is 4. The van der Waals surface area contributed by atoms with E-state index in [1.165, 1.54) is 189 Å². The van der Waals surface area contributed by atoms with Gasteiger partial charge in [-0.05, 0) is 232 Å². The van der Waals surface area contributed by atoms with Crippen LogP contribution in [0.15, 0.2) is 376 Å². The van der Waals surface area contributed by atoms with Crippen LogP contribution in [0.1, 0.15) is 125 Å². The first kappa shape index (κ1) is 71.7. The van der Waals surface area contributed by atoms with Crippen LogP contribution in [-0.2, 0) is 27.1 Å². The highest BCUT2D eigenvalue weighted by molar-refractivity contribution is 6.04. The van der Waals surface area contributed by atoms with E-state index in [1.54, 1.807) is 0 Å². The lowest BCUT2D eigenvalue weighted by Gasteiger charge is -2.30. The molecule has 0 saturated heterocycles. The van der Waals surface area contributed by atoms with Crippen LogP contribution in [0.25, 0.3) is 122 Å². The van der Waals surface area contributed by atoms with E-state index >= 15 is 0 Å². The van der Waals surface area contributed by atoms with Gasteiger partial charge in [-0.25, -0.2) is 0 Å². The van der Waals surface area contributed by atoms with E-state index in [2.05, 4.69) is 464 Å². The van der Waals surface area contributed by atoms with Gasteiger partial charge >= 0.3 is 0 Å². The molecule has 0 radical (unpaired) electrons. The minimum absolute atomic E-state index is 0.112. The van der Waals surface area contributed by atoms with Crippen LogP contribution in [0.5, 0.6) is 0 Å². The maximum Gasteiger partial charge on any atom is 0.0585 e. The van der Waals surface area contributed by atoms with Gasteiger partial charge in [0.15, 0.2) is 0 Å². The van der Waals surface area contributed by atoms with E-state index in [-0.39, 0.29) is 27.1 Å². The normalized spacial score (nSPS) is 14.8. The summed E-state index contributed by atoms with van der Waals surface area (Å²) in [7, 11) is 0. The number of anilines is 6. The zero-order valence-corrected chi connectivity index (χ0v) is 69.1. The zero-order valence-electron chi connectivity index (χ0n) is 69.1. The van der Waals surface area contributed by atoms with Crippen molar-refractivity contribution >= 4 is 55.9 Å². The molecule has 0 fully saturated rings. The molecule has 2 heterocycles. The second kappa shape index (κ2) is 26.6. The average Bonchev–Trinajstić information content (AvgIpc) is 1.53. The SMILES string of the molecule is CC1(C)c2ccccc2-c2ccc(N(c3ccc(-c4ccccc4)cc3)c3ccc4c(c3)c3c(n4-c4ccc(-c5ccccc5)cc4)-c4ccccc4C3(C)C)cc21.CC1(C)c2ccccc2-c2ccc(N(c3ccc4c(c3)C(C)(C)c3ccccc3-4)c3ccc4c(c3)c3c(n4-c4ccc(-c5ccccc5)cc4)-c4ccccc4C3(C)C)cc21. The van der Waals surface area contributed by atoms with Gasteiger partial charge in [0.1, 0.15) is 0 Å². The summed E-state index contributed by atoms with van der Waals surface area (Å²) in [5.41, 5.74) is 45.2. The molecule has 0 unspecified atom stereocenters. The Morgan fingerprint density at radius 1 is 0.185 bits per heavy atom. The van der Waals surface area contributed by atoms with Crippen LogP contribution in [0.2, 0.25) is 0 Å². The van der Waals surface area contributed by atoms with Crippen molar-refractivity contribution in [3.63, 3.8) is 0 Å². The van der Waals surface area contributed by atoms with E-state index in [0.717, 1.165) is 22.7 Å². The second-order valence-corrected chi connectivity index (χ2v) is 36.0. The van der Waals surface area contributed by atoms with E-state index in [4.69, 9.17) is 0 Å². The molecule has 5 aliphatic carbocycles. The van der Waals surface area contributed by atoms with Crippen molar-refractivity contribution in [3.05, 3.63) is 432 Å². The molecule has 0 saturated carbocycles. The van der Waals surface area contributed by atoms with Crippen LogP contribution in [0.4, 0.5) is 34.1 Å². The first-order valence-corrected chi connectivity index (χ1v) is 42.2. The molecule has 18 aromatic rings. The van der Waals surface area contributed by atoms with Gasteiger partial charge in [-0.3, -0.25) is 0 Å². The highest BCUT2D eigenvalue weighted by atomic mass is 15.2. The fourth-order valence-electron chi connectivity index (χ4n) is 21.6. The third-order valence-electron chi connectivity index (χ3n) is 27.6. The molecule has 2 aromatic heterocycles. The smallest absolute Gasteiger partial charge is 0.0585 e. The van der Waals surface area contributed by atoms with Gasteiger partial charge in [0.25, 0.3) is 0 Å². The molecular weight excluding hydrogens is 1440 g/mol. The molecule has 5 aliphatic rings. The fourth-order valence-corrected chi connectivity index (χ4v) is 21.6. The minimum atomic E-state index is -0.199. The molecule has 23 rings (SSSR count). The van der Waals surface area contributed by atoms with Crippen molar-refractivity contribution < 1.29 is 0 Å². The maximum atomic E-state index is 2.52. The van der Waals surface area contributed by atoms with Crippen LogP contribution in [-0.4, -0.2) is 9.13 Å². The molecule has 0 atom stereocenters. The van der Waals surface area contributed by atoms with Crippen LogP contribution < -0.4 is 9.80 Å². The average molecular weight is 1530 g/mol. The van der Waals surface area contributed by atoms with Crippen molar-refractivity contribution in [2.45, 2.75) is 96.3 Å². The van der Waals surface area contributed by atoms with E-state index in [9.17, 15) is 0 Å². The predicted octanol–water partition coefficient (Wildman–Crippen LogP) is 30.7. The number of benzene rings is 16. The zero-order chi connectivity index (χ0) is 80.6. The summed E-state index contributed by atoms with van der Waals surface area (Å²) in [5, 5.41) is 2.56. The molecular formula is C115H92N4. The third-order valence-corrected chi connectivity index (χ3v) is 27.6. The Morgan fingerprint density at radius 2 is 0.420 bits per heavy atom. The van der Waals surface area contributed by atoms with Crippen molar-refractivity contribution in [3.8, 4) is 101 Å². The summed E-state index contributed by atoms with van der Waals surface area (Å²) in [6, 6.07) is 140. The van der Waals surface area contributed by atoms with Crippen LogP contribution in [0, 0.1) is 0 Å². The van der Waals surface area contributed by atoms with Crippen LogP contribution in [0.3, 0.4) is 0 Å². The Hall–Kier alpha value is -13.8. The van der Waals surface area contributed by atoms with Gasteiger partial charge in [0.2, 0.25) is 0 Å². The van der Waals surface area contributed by atoms with Gasteiger partial charge in [-0.1, -0.05) is 336 Å². The standard InChI is InChI=1S/C59H48N2.C56H44N2/c1-57(2)49-21-13-10-18-43(49)45-31-28-41(35-52(45)57)60(42-29-32-46-44-19-11-14-22-50(44)58(3,4)53(46)36-42)40-30-33-54-48(34-40)55-56(47-20-12-15-23-51(47)59(55,5)6)61(54)39-26-24-38(25-27-39)37-16-8-7-9-17-37;1-55(2)49-21-13-11-19-45(49)46-33-31-44(36-51(46)55)57(41-27-23-39(24-28-41)37-15-7-5-8-16-37)43-32-34-52-48(35-43)53-54(47-20-12-14-22-50(47)56(53,3)4)58(52)42-29-25-40(26-30-42)38-17-9-6-10-18-38/h7-36H,1-6H3;5-36H,1-4H3. The van der Waals surface area contributed by atoms with Crippen molar-refractivity contribution in [1.82, 2.24) is 9.13 Å². The monoisotopic (exact) mass is 1530 g/mol. The lowest BCUT2D eigenvalue weighted by Crippen LogP contribution is -2.18. The fraction of sp³-hybridized carbons (Fsp3) is 0.130. The van der Waals surface area contributed by atoms with Gasteiger partial charge in [0.05, 0.1) is 22.4 Å². The van der Waals surface area contributed by atoms with Crippen LogP contribution >= 0.6 is 0 Å². The van der Waals surface area contributed by atoms with E-state index < -0.39 is 0 Å². The molecule has 0 bridgehead atoms. The summed E-state index contributed by atoms with van der Waals surface area (Å²) < 4.78 is 5.02. The Kier molecular flexibility index (Phi) is 16.0. The predicted molar refractivity (Wildman–Crippen MR) is 500 cm³/mol. The molecule has 0 spiro atoms. The summed E-state index contributed by atoms with van der Waals surface area (Å²) in [4.78, 5) is 4.98. The Balaban J connectivity index is 0.000000143. The second-order valence-electron chi connectivity index (χ2n) is 36.0. The molecule has 0 aliphatic heterocycles. The quantitative estimate of drug-likeness (QED) is 0.128. The number of hydrogen-bond donors (Lipinski definition) is 0. The Bertz CT molecular complexity index is 7040. The molecule has 572 valence electrons. The molecule has 4 nitrogen and oxygen atoms in total. The number of hydrogen-bond acceptors (Lipinski definition) is 2. The first-order valence-electron chi connectivity index (χ1n) is 42.2. The highest BCUT2D eigenvalue weighted by Gasteiger charge is 2.45. The summed E-state index contributed by atoms with van der Waals surface area (Å²) in [5.74, 6) is 0. The van der Waals surface area contributed by atoms with Gasteiger partial charge < -0.3 is 18.9 Å². The number of fused-ring (bicyclic) bond motifs is 19. The van der Waals surface area contributed by atoms with Gasteiger partial charge in [0, 0.05) is 94.5 Å². The Morgan fingerprint density at radius 3 is 0.748 bits per heavy atom. The minimum Gasteiger partial charge on any atom is -0.310 e. The molecule has 119 heavy (non-hydrogen) atoms. The van der Waals surface area contributed by atoms with E-state index in [1.807, 2.05) is 0 Å². The molecule has 4 heteroatoms. The number of aromatic nitrogens is 2. The molecule has 0 N–H and O–H groups in total. The molecule has 16 aromatic carbocycles. The lowest BCUT2D eigenvalue weighted by molar-refractivity contribution is 0.660. The largest absolute Gasteiger partial charge is 0.310 e. The lowest BCUT2D eigenvalue weighted by atomic mass is 9.81. The van der Waals surface area contributed by atoms with Gasteiger partial charge in [-0.2, -0.15) is 0 Å². The molecule has 0 amide bonds. The summed E-state index contributed by atoms with van der Waals surface area (Å²) >= 11 is 0. The van der Waals surface area contributed by atoms with Crippen molar-refractivity contribution in [2.75, 3.05) is 9.80 Å². The summed E-state index contributed by atoms with van der Waals surface area (Å²) in [6.07, 6.45) is 0. The van der Waals surface area contributed by atoms with Crippen molar-refractivity contribution in [1.29, 1.82) is 0 Å². The van der Waals surface area contributed by atoms with Gasteiger partial charge in [-0.15, -0.1) is 0 Å². The van der Waals surface area contributed by atoms with Crippen molar-refractivity contribution in [2.24, 2.45) is 0 Å².